The second-order valence-corrected chi connectivity index (χ2v) is 3.36. The molecule has 0 saturated heterocycles. The zero-order valence-electron chi connectivity index (χ0n) is 10.5. The Morgan fingerprint density at radius 1 is 1.62 bits per heavy atom. The van der Waals surface area contributed by atoms with Crippen LogP contribution in [-0.2, 0) is 0 Å². The van der Waals surface area contributed by atoms with E-state index in [0.29, 0.717) is 0 Å². The lowest BCUT2D eigenvalue weighted by atomic mass is 10.2. The first-order valence-corrected chi connectivity index (χ1v) is 5.18. The molecular formula is C11H23N3O2. The van der Waals surface area contributed by atoms with Crippen LogP contribution in [0.3, 0.4) is 0 Å². The van der Waals surface area contributed by atoms with Crippen LogP contribution in [0.1, 0.15) is 12.8 Å². The van der Waals surface area contributed by atoms with Crippen LogP contribution in [0.5, 0.6) is 0 Å². The molecule has 0 aliphatic rings. The van der Waals surface area contributed by atoms with E-state index in [-0.39, 0.29) is 0 Å². The summed E-state index contributed by atoms with van der Waals surface area (Å²) in [5.41, 5.74) is 1.19. The maximum atomic E-state index is 8.81. The second kappa shape index (κ2) is 11.7. The number of nitrogens with one attached hydrogen (secondary N) is 1. The summed E-state index contributed by atoms with van der Waals surface area (Å²) >= 11 is 0. The molecule has 0 atom stereocenters. The average Bonchev–Trinajstić information content (AvgIpc) is 2.21. The van der Waals surface area contributed by atoms with E-state index in [1.54, 1.807) is 0 Å². The van der Waals surface area contributed by atoms with Crippen LogP contribution in [0.4, 0.5) is 0 Å². The Morgan fingerprint density at radius 2 is 2.12 bits per heavy atom. The van der Waals surface area contributed by atoms with Gasteiger partial charge in [0.2, 0.25) is 0 Å². The number of allylic oxidation sites excluding steroid dienone is 2. The van der Waals surface area contributed by atoms with Crippen LogP contribution in [0.2, 0.25) is 0 Å². The first-order chi connectivity index (χ1) is 7.45. The molecule has 0 aromatic rings. The summed E-state index contributed by atoms with van der Waals surface area (Å²) in [6.45, 7) is 9.70. The number of rotatable bonds is 7. The molecule has 0 spiro atoms. The third-order valence-corrected chi connectivity index (χ3v) is 1.87. The van der Waals surface area contributed by atoms with Crippen molar-refractivity contribution in [3.8, 4) is 0 Å². The summed E-state index contributed by atoms with van der Waals surface area (Å²) in [4.78, 5) is 10.5. The fourth-order valence-corrected chi connectivity index (χ4v) is 0.897. The fraction of sp³-hybridized carbons (Fsp3) is 0.636. The predicted molar refractivity (Wildman–Crippen MR) is 68.0 cm³/mol. The largest absolute Gasteiger partial charge is 0.377 e. The highest BCUT2D eigenvalue weighted by atomic mass is 16.6. The van der Waals surface area contributed by atoms with E-state index < -0.39 is 4.92 Å². The van der Waals surface area contributed by atoms with Gasteiger partial charge >= 0.3 is 0 Å². The molecule has 5 nitrogen and oxygen atoms in total. The Balaban J connectivity index is 0. The monoisotopic (exact) mass is 229 g/mol. The van der Waals surface area contributed by atoms with Gasteiger partial charge in [-0.2, -0.15) is 0 Å². The summed E-state index contributed by atoms with van der Waals surface area (Å²) in [5, 5.41) is 11.9. The summed E-state index contributed by atoms with van der Waals surface area (Å²) < 4.78 is 0. The van der Waals surface area contributed by atoms with Crippen molar-refractivity contribution in [2.75, 3.05) is 34.2 Å². The smallest absolute Gasteiger partial charge is 0.194 e. The molecule has 0 fully saturated rings. The number of hydrogen-bond donors (Lipinski definition) is 1. The average molecular weight is 229 g/mol. The van der Waals surface area contributed by atoms with E-state index in [1.165, 1.54) is 5.70 Å². The molecule has 0 aromatic carbocycles. The van der Waals surface area contributed by atoms with E-state index in [2.05, 4.69) is 30.4 Å². The highest BCUT2D eigenvalue weighted by molar-refractivity contribution is 4.94. The lowest BCUT2D eigenvalue weighted by Crippen LogP contribution is -2.26. The lowest BCUT2D eigenvalue weighted by Gasteiger charge is -2.20. The van der Waals surface area contributed by atoms with Gasteiger partial charge in [0.05, 0.1) is 0 Å². The Kier molecular flexibility index (Phi) is 12.5. The third kappa shape index (κ3) is 15.1. The molecule has 0 saturated carbocycles. The van der Waals surface area contributed by atoms with Crippen molar-refractivity contribution >= 4 is 0 Å². The molecule has 94 valence electrons. The highest BCUT2D eigenvalue weighted by Gasteiger charge is 1.98. The maximum absolute atomic E-state index is 8.81. The van der Waals surface area contributed by atoms with Crippen LogP contribution in [-0.4, -0.2) is 44.1 Å². The van der Waals surface area contributed by atoms with Gasteiger partial charge in [0.25, 0.3) is 0 Å². The van der Waals surface area contributed by atoms with Crippen LogP contribution in [0.15, 0.2) is 24.9 Å². The van der Waals surface area contributed by atoms with Crippen LogP contribution >= 0.6 is 0 Å². The van der Waals surface area contributed by atoms with Crippen LogP contribution in [0, 0.1) is 10.1 Å². The van der Waals surface area contributed by atoms with Gasteiger partial charge in [0.1, 0.15) is 0 Å². The summed E-state index contributed by atoms with van der Waals surface area (Å²) in [5.74, 6) is 0. The van der Waals surface area contributed by atoms with Crippen molar-refractivity contribution in [3.05, 3.63) is 35.0 Å². The zero-order chi connectivity index (χ0) is 13.0. The highest BCUT2D eigenvalue weighted by Crippen LogP contribution is 2.06. The molecule has 0 unspecified atom stereocenters. The molecule has 0 aliphatic carbocycles. The minimum atomic E-state index is -0.500. The van der Waals surface area contributed by atoms with Crippen LogP contribution < -0.4 is 5.32 Å². The third-order valence-electron chi connectivity index (χ3n) is 1.87. The van der Waals surface area contributed by atoms with Gasteiger partial charge < -0.3 is 10.2 Å². The van der Waals surface area contributed by atoms with Crippen molar-refractivity contribution in [1.82, 2.24) is 10.2 Å². The van der Waals surface area contributed by atoms with E-state index in [1.807, 2.05) is 13.1 Å². The summed E-state index contributed by atoms with van der Waals surface area (Å²) in [7, 11) is 4.92. The van der Waals surface area contributed by atoms with Crippen molar-refractivity contribution in [2.45, 2.75) is 12.8 Å². The first kappa shape index (κ1) is 17.0. The molecule has 5 heteroatoms. The Morgan fingerprint density at radius 3 is 2.50 bits per heavy atom. The predicted octanol–water partition coefficient (Wildman–Crippen LogP) is 1.51. The molecule has 0 bridgehead atoms. The number of hydrogen-bond acceptors (Lipinski definition) is 4. The summed E-state index contributed by atoms with van der Waals surface area (Å²) in [6.07, 6.45) is 3.96. The standard InChI is InChI=1S/C10H20N2.CH3NO2/c1-5-6-7-10(2)12(4)9-8-11-3;1-2(3)4/h5,11H,1-2,6-9H2,3-4H3;1H3. The lowest BCUT2D eigenvalue weighted by molar-refractivity contribution is -0.445. The second-order valence-electron chi connectivity index (χ2n) is 3.36. The Bertz CT molecular complexity index is 213. The SMILES string of the molecule is C=CCCC(=C)N(C)CCNC.C[N+](=O)[O-]. The van der Waals surface area contributed by atoms with Gasteiger partial charge in [-0.05, 0) is 19.9 Å². The van der Waals surface area contributed by atoms with Gasteiger partial charge in [0.15, 0.2) is 7.05 Å². The molecule has 16 heavy (non-hydrogen) atoms. The van der Waals surface area contributed by atoms with Crippen molar-refractivity contribution in [3.63, 3.8) is 0 Å². The van der Waals surface area contributed by atoms with E-state index >= 15 is 0 Å². The molecule has 0 amide bonds. The molecule has 0 rings (SSSR count). The minimum Gasteiger partial charge on any atom is -0.377 e. The summed E-state index contributed by atoms with van der Waals surface area (Å²) in [6, 6.07) is 0. The number of nitrogens with zero attached hydrogens (tertiary/aromatic N) is 2. The van der Waals surface area contributed by atoms with E-state index in [9.17, 15) is 0 Å². The number of likely N-dealkylation sites (N-methyl/N-ethyl adjacent to an activating group) is 2. The van der Waals surface area contributed by atoms with Crippen LogP contribution in [0.25, 0.3) is 0 Å². The molecule has 0 aliphatic heterocycles. The fourth-order valence-electron chi connectivity index (χ4n) is 0.897. The van der Waals surface area contributed by atoms with Gasteiger partial charge in [-0.3, -0.25) is 10.1 Å². The van der Waals surface area contributed by atoms with Crippen molar-refractivity contribution < 1.29 is 4.92 Å². The van der Waals surface area contributed by atoms with Gasteiger partial charge in [0, 0.05) is 30.8 Å². The zero-order valence-corrected chi connectivity index (χ0v) is 10.5. The van der Waals surface area contributed by atoms with Gasteiger partial charge in [-0.1, -0.05) is 12.7 Å². The van der Waals surface area contributed by atoms with E-state index in [4.69, 9.17) is 10.1 Å². The maximum Gasteiger partial charge on any atom is 0.194 e. The normalized spacial score (nSPS) is 8.69. The topological polar surface area (TPSA) is 58.4 Å². The molecule has 1 N–H and O–H groups in total. The van der Waals surface area contributed by atoms with Gasteiger partial charge in [-0.15, -0.1) is 6.58 Å². The molecule has 0 aromatic heterocycles. The van der Waals surface area contributed by atoms with Crippen molar-refractivity contribution in [1.29, 1.82) is 0 Å². The number of nitro groups is 1. The molecular weight excluding hydrogens is 206 g/mol. The molecule has 0 heterocycles. The van der Waals surface area contributed by atoms with Gasteiger partial charge in [-0.25, -0.2) is 0 Å². The minimum absolute atomic E-state index is 0.500. The Labute approximate surface area is 98.0 Å². The van der Waals surface area contributed by atoms with Crippen molar-refractivity contribution in [2.24, 2.45) is 0 Å². The van der Waals surface area contributed by atoms with E-state index in [0.717, 1.165) is 33.0 Å². The first-order valence-electron chi connectivity index (χ1n) is 5.18. The molecule has 0 radical (unpaired) electrons. The quantitative estimate of drug-likeness (QED) is 0.408. The Hall–Kier alpha value is -1.36.